The zero-order valence-corrected chi connectivity index (χ0v) is 17.5. The number of nitrogens with zero attached hydrogens (tertiary/aromatic N) is 4. The first kappa shape index (κ1) is 20.6. The van der Waals surface area contributed by atoms with E-state index in [4.69, 9.17) is 4.74 Å². The smallest absolute Gasteiger partial charge is 0.119 e. The molecule has 0 bridgehead atoms. The number of aliphatic hydroxyl groups excluding tert-OH is 1. The Labute approximate surface area is 178 Å². The predicted octanol–water partition coefficient (Wildman–Crippen LogP) is 2.95. The fourth-order valence-corrected chi connectivity index (χ4v) is 4.21. The summed E-state index contributed by atoms with van der Waals surface area (Å²) in [4.78, 5) is 4.98. The van der Waals surface area contributed by atoms with Crippen molar-refractivity contribution in [2.24, 2.45) is 0 Å². The van der Waals surface area contributed by atoms with E-state index < -0.39 is 0 Å². The van der Waals surface area contributed by atoms with Crippen LogP contribution in [0.4, 0.5) is 0 Å². The first-order chi connectivity index (χ1) is 14.7. The summed E-state index contributed by atoms with van der Waals surface area (Å²) in [7, 11) is 1.70. The molecule has 0 radical (unpaired) electrons. The molecule has 30 heavy (non-hydrogen) atoms. The topological polar surface area (TPSA) is 53.8 Å². The predicted molar refractivity (Wildman–Crippen MR) is 118 cm³/mol. The molecular formula is C24H30N4O2. The highest BCUT2D eigenvalue weighted by Crippen LogP contribution is 2.21. The largest absolute Gasteiger partial charge is 0.497 e. The minimum absolute atomic E-state index is 0.210. The van der Waals surface area contributed by atoms with Crippen molar-refractivity contribution in [2.75, 3.05) is 33.4 Å². The zero-order valence-electron chi connectivity index (χ0n) is 17.5. The second-order valence-electron chi connectivity index (χ2n) is 7.84. The van der Waals surface area contributed by atoms with Crippen molar-refractivity contribution in [3.8, 4) is 11.4 Å². The molecule has 2 heterocycles. The van der Waals surface area contributed by atoms with Crippen LogP contribution in [0.2, 0.25) is 0 Å². The maximum Gasteiger partial charge on any atom is 0.119 e. The average Bonchev–Trinajstić information content (AvgIpc) is 3.31. The fraction of sp³-hybridized carbons (Fsp3) is 0.375. The van der Waals surface area contributed by atoms with E-state index in [-0.39, 0.29) is 6.61 Å². The van der Waals surface area contributed by atoms with Crippen molar-refractivity contribution in [3.63, 3.8) is 0 Å². The Balaban J connectivity index is 1.41. The lowest BCUT2D eigenvalue weighted by Gasteiger charge is -2.41. The molecule has 1 aromatic heterocycles. The molecule has 1 fully saturated rings. The number of methoxy groups -OCH3 is 1. The number of benzene rings is 2. The highest BCUT2D eigenvalue weighted by molar-refractivity contribution is 5.35. The molecule has 1 unspecified atom stereocenters. The fourth-order valence-electron chi connectivity index (χ4n) is 4.21. The lowest BCUT2D eigenvalue weighted by atomic mass is 10.1. The first-order valence-corrected chi connectivity index (χ1v) is 10.5. The van der Waals surface area contributed by atoms with E-state index in [1.165, 1.54) is 11.1 Å². The van der Waals surface area contributed by atoms with Crippen LogP contribution in [0.3, 0.4) is 0 Å². The van der Waals surface area contributed by atoms with Crippen LogP contribution in [0, 0.1) is 0 Å². The SMILES string of the molecule is COc1cccc(CN2CCN(Cc3cccc(-n4cccn4)c3)CC2CCO)c1. The van der Waals surface area contributed by atoms with E-state index in [9.17, 15) is 5.11 Å². The second kappa shape index (κ2) is 9.89. The zero-order chi connectivity index (χ0) is 20.8. The third-order valence-corrected chi connectivity index (χ3v) is 5.76. The molecule has 6 nitrogen and oxygen atoms in total. The van der Waals surface area contributed by atoms with Gasteiger partial charge in [0, 0.05) is 57.8 Å². The number of hydrogen-bond donors (Lipinski definition) is 1. The van der Waals surface area contributed by atoms with Crippen LogP contribution < -0.4 is 4.74 Å². The van der Waals surface area contributed by atoms with Gasteiger partial charge in [0.05, 0.1) is 12.8 Å². The average molecular weight is 407 g/mol. The maximum atomic E-state index is 9.63. The quantitative estimate of drug-likeness (QED) is 0.623. The number of hydrogen-bond acceptors (Lipinski definition) is 5. The summed E-state index contributed by atoms with van der Waals surface area (Å²) in [5.74, 6) is 0.891. The number of aliphatic hydroxyl groups is 1. The molecule has 1 aliphatic heterocycles. The summed E-state index contributed by atoms with van der Waals surface area (Å²) in [5, 5.41) is 14.0. The van der Waals surface area contributed by atoms with E-state index in [1.54, 1.807) is 13.3 Å². The van der Waals surface area contributed by atoms with Crippen LogP contribution >= 0.6 is 0 Å². The summed E-state index contributed by atoms with van der Waals surface area (Å²) < 4.78 is 7.26. The molecule has 1 atom stereocenters. The van der Waals surface area contributed by atoms with Gasteiger partial charge >= 0.3 is 0 Å². The Hall–Kier alpha value is -2.67. The highest BCUT2D eigenvalue weighted by atomic mass is 16.5. The number of ether oxygens (including phenoxy) is 1. The van der Waals surface area contributed by atoms with Crippen LogP contribution in [0.15, 0.2) is 67.0 Å². The van der Waals surface area contributed by atoms with Crippen LogP contribution in [0.5, 0.6) is 5.75 Å². The molecule has 1 aliphatic rings. The number of rotatable bonds is 8. The maximum absolute atomic E-state index is 9.63. The van der Waals surface area contributed by atoms with Crippen molar-refractivity contribution >= 4 is 0 Å². The Morgan fingerprint density at radius 3 is 2.63 bits per heavy atom. The molecule has 0 amide bonds. The summed E-state index contributed by atoms with van der Waals surface area (Å²) >= 11 is 0. The van der Waals surface area contributed by atoms with E-state index in [2.05, 4.69) is 51.3 Å². The molecule has 6 heteroatoms. The van der Waals surface area contributed by atoms with Gasteiger partial charge in [-0.3, -0.25) is 9.80 Å². The van der Waals surface area contributed by atoms with Crippen LogP contribution in [-0.2, 0) is 13.1 Å². The second-order valence-corrected chi connectivity index (χ2v) is 7.84. The van der Waals surface area contributed by atoms with Gasteiger partial charge in [-0.05, 0) is 47.9 Å². The van der Waals surface area contributed by atoms with Crippen molar-refractivity contribution in [3.05, 3.63) is 78.1 Å². The van der Waals surface area contributed by atoms with Crippen molar-refractivity contribution < 1.29 is 9.84 Å². The van der Waals surface area contributed by atoms with E-state index in [0.29, 0.717) is 6.04 Å². The van der Waals surface area contributed by atoms with E-state index in [0.717, 1.165) is 50.6 Å². The van der Waals surface area contributed by atoms with Gasteiger partial charge in [0.1, 0.15) is 5.75 Å². The summed E-state index contributed by atoms with van der Waals surface area (Å²) in [6.45, 7) is 4.95. The van der Waals surface area contributed by atoms with Crippen LogP contribution in [-0.4, -0.2) is 64.1 Å². The van der Waals surface area contributed by atoms with Gasteiger partial charge in [0.25, 0.3) is 0 Å². The minimum atomic E-state index is 0.210. The third kappa shape index (κ3) is 5.08. The Kier molecular flexibility index (Phi) is 6.79. The highest BCUT2D eigenvalue weighted by Gasteiger charge is 2.26. The normalized spacial score (nSPS) is 17.9. The standard InChI is InChI=1S/C24H30N4O2/c1-30-24-8-3-6-21(16-24)18-27-13-12-26(19-23(27)9-14-29)17-20-5-2-7-22(15-20)28-11-4-10-25-28/h2-8,10-11,15-16,23,29H,9,12-14,17-19H2,1H3. The molecule has 4 rings (SSSR count). The lowest BCUT2D eigenvalue weighted by molar-refractivity contribution is 0.0499. The third-order valence-electron chi connectivity index (χ3n) is 5.76. The van der Waals surface area contributed by atoms with Crippen molar-refractivity contribution in [1.82, 2.24) is 19.6 Å². The van der Waals surface area contributed by atoms with Crippen LogP contribution in [0.25, 0.3) is 5.69 Å². The summed E-state index contributed by atoms with van der Waals surface area (Å²) in [6, 6.07) is 19.1. The first-order valence-electron chi connectivity index (χ1n) is 10.5. The molecule has 2 aromatic carbocycles. The number of aromatic nitrogens is 2. The van der Waals surface area contributed by atoms with Crippen molar-refractivity contribution in [2.45, 2.75) is 25.6 Å². The Bertz CT molecular complexity index is 928. The molecule has 158 valence electrons. The lowest BCUT2D eigenvalue weighted by Crippen LogP contribution is -2.52. The molecule has 1 N–H and O–H groups in total. The monoisotopic (exact) mass is 406 g/mol. The Morgan fingerprint density at radius 2 is 1.87 bits per heavy atom. The minimum Gasteiger partial charge on any atom is -0.497 e. The van der Waals surface area contributed by atoms with Gasteiger partial charge in [0.2, 0.25) is 0 Å². The van der Waals surface area contributed by atoms with Gasteiger partial charge in [-0.25, -0.2) is 4.68 Å². The molecule has 0 saturated carbocycles. The van der Waals surface area contributed by atoms with Gasteiger partial charge in [-0.1, -0.05) is 24.3 Å². The molecule has 1 saturated heterocycles. The van der Waals surface area contributed by atoms with E-state index >= 15 is 0 Å². The number of piperazine rings is 1. The summed E-state index contributed by atoms with van der Waals surface area (Å²) in [6.07, 6.45) is 4.55. The molecular weight excluding hydrogens is 376 g/mol. The Morgan fingerprint density at radius 1 is 1.03 bits per heavy atom. The van der Waals surface area contributed by atoms with Gasteiger partial charge < -0.3 is 9.84 Å². The van der Waals surface area contributed by atoms with Gasteiger partial charge in [-0.2, -0.15) is 5.10 Å². The van der Waals surface area contributed by atoms with Crippen LogP contribution in [0.1, 0.15) is 17.5 Å². The summed E-state index contributed by atoms with van der Waals surface area (Å²) in [5.41, 5.74) is 3.62. The molecule has 0 aliphatic carbocycles. The van der Waals surface area contributed by atoms with E-state index in [1.807, 2.05) is 29.1 Å². The van der Waals surface area contributed by atoms with Crippen molar-refractivity contribution in [1.29, 1.82) is 0 Å². The molecule has 0 spiro atoms. The molecule has 3 aromatic rings. The van der Waals surface area contributed by atoms with Gasteiger partial charge in [0.15, 0.2) is 0 Å². The van der Waals surface area contributed by atoms with Gasteiger partial charge in [-0.15, -0.1) is 0 Å².